The highest BCUT2D eigenvalue weighted by atomic mass is 16.3. The quantitative estimate of drug-likeness (QED) is 0.789. The monoisotopic (exact) mass is 250 g/mol. The summed E-state index contributed by atoms with van der Waals surface area (Å²) < 4.78 is 0. The first-order valence-electron chi connectivity index (χ1n) is 6.23. The first kappa shape index (κ1) is 14.7. The van der Waals surface area contributed by atoms with E-state index in [0.717, 1.165) is 6.42 Å². The van der Waals surface area contributed by atoms with E-state index in [4.69, 9.17) is 0 Å². The number of nitrogens with one attached hydrogen (secondary N) is 1. The van der Waals surface area contributed by atoms with Gasteiger partial charge >= 0.3 is 0 Å². The number of nitrogens with zero attached hydrogens (tertiary/aromatic N) is 1. The van der Waals surface area contributed by atoms with E-state index in [1.807, 2.05) is 43.3 Å². The van der Waals surface area contributed by atoms with Gasteiger partial charge in [0.05, 0.1) is 6.10 Å². The molecule has 0 saturated heterocycles. The minimum absolute atomic E-state index is 0.143. The van der Waals surface area contributed by atoms with Gasteiger partial charge < -0.3 is 15.3 Å². The summed E-state index contributed by atoms with van der Waals surface area (Å²) in [5, 5.41) is 12.4. The molecule has 0 bridgehead atoms. The van der Waals surface area contributed by atoms with Gasteiger partial charge in [0.1, 0.15) is 0 Å². The van der Waals surface area contributed by atoms with Crippen LogP contribution in [-0.2, 0) is 6.42 Å². The van der Waals surface area contributed by atoms with Crippen LogP contribution in [0.2, 0.25) is 0 Å². The summed E-state index contributed by atoms with van der Waals surface area (Å²) in [7, 11) is 3.77. The van der Waals surface area contributed by atoms with E-state index < -0.39 is 6.10 Å². The van der Waals surface area contributed by atoms with Crippen LogP contribution in [0.1, 0.15) is 22.8 Å². The lowest BCUT2D eigenvalue weighted by Gasteiger charge is -2.16. The van der Waals surface area contributed by atoms with E-state index in [1.165, 1.54) is 5.56 Å². The third-order valence-corrected chi connectivity index (χ3v) is 2.70. The molecule has 0 radical (unpaired) electrons. The van der Waals surface area contributed by atoms with Crippen LogP contribution < -0.4 is 5.32 Å². The number of aliphatic hydroxyl groups excluding tert-OH is 1. The molecule has 1 aromatic rings. The van der Waals surface area contributed by atoms with Crippen molar-refractivity contribution < 1.29 is 9.90 Å². The van der Waals surface area contributed by atoms with E-state index >= 15 is 0 Å². The van der Waals surface area contributed by atoms with Crippen LogP contribution in [0.3, 0.4) is 0 Å². The molecule has 0 aliphatic carbocycles. The summed E-state index contributed by atoms with van der Waals surface area (Å²) in [5.74, 6) is -0.143. The highest BCUT2D eigenvalue weighted by Crippen LogP contribution is 2.04. The Morgan fingerprint density at radius 1 is 1.33 bits per heavy atom. The van der Waals surface area contributed by atoms with Crippen molar-refractivity contribution in [2.75, 3.05) is 27.2 Å². The maximum Gasteiger partial charge on any atom is 0.251 e. The third-order valence-electron chi connectivity index (χ3n) is 2.70. The highest BCUT2D eigenvalue weighted by molar-refractivity contribution is 5.94. The lowest BCUT2D eigenvalue weighted by Crippen LogP contribution is -2.37. The molecule has 1 aromatic carbocycles. The van der Waals surface area contributed by atoms with Gasteiger partial charge in [0.25, 0.3) is 5.91 Å². The number of amides is 1. The van der Waals surface area contributed by atoms with Gasteiger partial charge in [-0.05, 0) is 38.2 Å². The molecule has 4 nitrogen and oxygen atoms in total. The highest BCUT2D eigenvalue weighted by Gasteiger charge is 2.09. The van der Waals surface area contributed by atoms with Crippen LogP contribution in [0.25, 0.3) is 0 Å². The molecule has 0 fully saturated rings. The maximum absolute atomic E-state index is 11.8. The van der Waals surface area contributed by atoms with Crippen LogP contribution in [-0.4, -0.2) is 49.2 Å². The molecule has 1 amide bonds. The van der Waals surface area contributed by atoms with Crippen molar-refractivity contribution in [2.24, 2.45) is 0 Å². The van der Waals surface area contributed by atoms with Crippen molar-refractivity contribution >= 4 is 5.91 Å². The zero-order chi connectivity index (χ0) is 13.5. The molecular formula is C14H22N2O2. The van der Waals surface area contributed by atoms with Crippen molar-refractivity contribution in [3.63, 3.8) is 0 Å². The Morgan fingerprint density at radius 2 is 1.94 bits per heavy atom. The van der Waals surface area contributed by atoms with Gasteiger partial charge in [0.15, 0.2) is 0 Å². The number of likely N-dealkylation sites (N-methyl/N-ethyl adjacent to an activating group) is 1. The Hall–Kier alpha value is -1.39. The summed E-state index contributed by atoms with van der Waals surface area (Å²) in [4.78, 5) is 13.7. The van der Waals surface area contributed by atoms with E-state index in [9.17, 15) is 9.90 Å². The van der Waals surface area contributed by atoms with Crippen LogP contribution in [0.5, 0.6) is 0 Å². The second-order valence-electron chi connectivity index (χ2n) is 4.68. The number of aliphatic hydroxyl groups is 1. The lowest BCUT2D eigenvalue weighted by atomic mass is 10.1. The molecule has 4 heteroatoms. The molecule has 1 atom stereocenters. The lowest BCUT2D eigenvalue weighted by molar-refractivity contribution is 0.0892. The molecular weight excluding hydrogens is 228 g/mol. The summed E-state index contributed by atoms with van der Waals surface area (Å²) in [6.45, 7) is 2.88. The Kier molecular flexibility index (Phi) is 5.82. The predicted octanol–water partition coefficient (Wildman–Crippen LogP) is 0.901. The van der Waals surface area contributed by atoms with Gasteiger partial charge in [-0.1, -0.05) is 19.1 Å². The number of hydrogen-bond donors (Lipinski definition) is 2. The minimum Gasteiger partial charge on any atom is -0.390 e. The Labute approximate surface area is 109 Å². The molecule has 0 saturated carbocycles. The zero-order valence-electron chi connectivity index (χ0n) is 11.3. The first-order chi connectivity index (χ1) is 8.52. The molecule has 1 unspecified atom stereocenters. The van der Waals surface area contributed by atoms with E-state index in [-0.39, 0.29) is 12.5 Å². The van der Waals surface area contributed by atoms with Crippen molar-refractivity contribution in [1.82, 2.24) is 10.2 Å². The number of hydrogen-bond acceptors (Lipinski definition) is 3. The van der Waals surface area contributed by atoms with Gasteiger partial charge in [0.2, 0.25) is 0 Å². The Morgan fingerprint density at radius 3 is 2.44 bits per heavy atom. The van der Waals surface area contributed by atoms with Crippen LogP contribution in [0.15, 0.2) is 24.3 Å². The summed E-state index contributed by atoms with van der Waals surface area (Å²) in [6.07, 6.45) is 0.419. The number of carbonyl (C=O) groups excluding carboxylic acids is 1. The molecule has 0 heterocycles. The summed E-state index contributed by atoms with van der Waals surface area (Å²) in [6, 6.07) is 7.52. The van der Waals surface area contributed by atoms with Crippen molar-refractivity contribution in [3.05, 3.63) is 35.4 Å². The van der Waals surface area contributed by atoms with Crippen LogP contribution in [0.4, 0.5) is 0 Å². The largest absolute Gasteiger partial charge is 0.390 e. The molecule has 18 heavy (non-hydrogen) atoms. The summed E-state index contributed by atoms with van der Waals surface area (Å²) in [5.41, 5.74) is 1.84. The maximum atomic E-state index is 11.8. The Bertz CT molecular complexity index is 374. The van der Waals surface area contributed by atoms with E-state index in [1.54, 1.807) is 0 Å². The third kappa shape index (κ3) is 4.85. The standard InChI is InChI=1S/C14H22N2O2/c1-4-11-5-7-12(8-6-11)14(18)15-9-13(17)10-16(2)3/h5-8,13,17H,4,9-10H2,1-3H3,(H,15,18). The van der Waals surface area contributed by atoms with Crippen LogP contribution in [0, 0.1) is 0 Å². The molecule has 0 spiro atoms. The van der Waals surface area contributed by atoms with Crippen LogP contribution >= 0.6 is 0 Å². The zero-order valence-corrected chi connectivity index (χ0v) is 11.3. The first-order valence-corrected chi connectivity index (χ1v) is 6.23. The van der Waals surface area contributed by atoms with Crippen molar-refractivity contribution in [1.29, 1.82) is 0 Å². The summed E-state index contributed by atoms with van der Waals surface area (Å²) >= 11 is 0. The average molecular weight is 250 g/mol. The molecule has 0 aromatic heterocycles. The second-order valence-corrected chi connectivity index (χ2v) is 4.68. The van der Waals surface area contributed by atoms with Crippen molar-refractivity contribution in [3.8, 4) is 0 Å². The molecule has 1 rings (SSSR count). The van der Waals surface area contributed by atoms with Gasteiger partial charge in [-0.25, -0.2) is 0 Å². The van der Waals surface area contributed by atoms with Gasteiger partial charge in [-0.15, -0.1) is 0 Å². The normalized spacial score (nSPS) is 12.5. The fraction of sp³-hybridized carbons (Fsp3) is 0.500. The van der Waals surface area contributed by atoms with Crippen molar-refractivity contribution in [2.45, 2.75) is 19.4 Å². The second kappa shape index (κ2) is 7.13. The number of benzene rings is 1. The minimum atomic E-state index is -0.543. The van der Waals surface area contributed by atoms with Gasteiger partial charge in [-0.3, -0.25) is 4.79 Å². The molecule has 0 aliphatic rings. The van der Waals surface area contributed by atoms with E-state index in [2.05, 4.69) is 12.2 Å². The van der Waals surface area contributed by atoms with Gasteiger partial charge in [0, 0.05) is 18.7 Å². The molecule has 2 N–H and O–H groups in total. The van der Waals surface area contributed by atoms with E-state index in [0.29, 0.717) is 12.1 Å². The number of rotatable bonds is 6. The number of aryl methyl sites for hydroxylation is 1. The molecule has 100 valence electrons. The Balaban J connectivity index is 2.44. The topological polar surface area (TPSA) is 52.6 Å². The fourth-order valence-electron chi connectivity index (χ4n) is 1.69. The van der Waals surface area contributed by atoms with Gasteiger partial charge in [-0.2, -0.15) is 0 Å². The fourth-order valence-corrected chi connectivity index (χ4v) is 1.69. The predicted molar refractivity (Wildman–Crippen MR) is 72.7 cm³/mol. The number of carbonyl (C=O) groups is 1. The SMILES string of the molecule is CCc1ccc(C(=O)NCC(O)CN(C)C)cc1. The average Bonchev–Trinajstić information content (AvgIpc) is 2.35. The smallest absolute Gasteiger partial charge is 0.251 e. The molecule has 0 aliphatic heterocycles.